The number of ether oxygens (including phenoxy) is 3. The molecular formula is C20H25NO5S. The Bertz CT molecular complexity index is 924. The van der Waals surface area contributed by atoms with Crippen molar-refractivity contribution in [1.29, 1.82) is 0 Å². The van der Waals surface area contributed by atoms with Gasteiger partial charge in [0.05, 0.1) is 12.0 Å². The molecule has 3 rings (SSSR count). The molecule has 0 bridgehead atoms. The zero-order valence-electron chi connectivity index (χ0n) is 16.0. The van der Waals surface area contributed by atoms with Gasteiger partial charge in [0.1, 0.15) is 19.0 Å². The Kier molecular flexibility index (Phi) is 5.62. The van der Waals surface area contributed by atoms with Gasteiger partial charge in [0.15, 0.2) is 11.5 Å². The molecule has 6 nitrogen and oxygen atoms in total. The maximum absolute atomic E-state index is 12.9. The Labute approximate surface area is 160 Å². The molecule has 1 aliphatic rings. The van der Waals surface area contributed by atoms with Gasteiger partial charge in [-0.2, -0.15) is 0 Å². The lowest BCUT2D eigenvalue weighted by Crippen LogP contribution is -2.27. The Hall–Kier alpha value is -2.25. The summed E-state index contributed by atoms with van der Waals surface area (Å²) in [7, 11) is -2.11. The summed E-state index contributed by atoms with van der Waals surface area (Å²) in [5.41, 5.74) is 1.66. The van der Waals surface area contributed by atoms with Crippen LogP contribution in [0.25, 0.3) is 0 Å². The van der Waals surface area contributed by atoms with Crippen LogP contribution in [0.3, 0.4) is 0 Å². The predicted octanol–water partition coefficient (Wildman–Crippen LogP) is 3.63. The average molecular weight is 391 g/mol. The first-order valence-corrected chi connectivity index (χ1v) is 10.4. The molecule has 0 spiro atoms. The van der Waals surface area contributed by atoms with Crippen molar-refractivity contribution in [3.63, 3.8) is 0 Å². The summed E-state index contributed by atoms with van der Waals surface area (Å²) in [6.45, 7) is 6.80. The summed E-state index contributed by atoms with van der Waals surface area (Å²) in [6.07, 6.45) is 0. The SMILES string of the molecule is COc1ccc(S(=O)(=O)NC(C)c2ccc3c(c2)OCCO3)cc1C(C)C. The van der Waals surface area contributed by atoms with Crippen LogP contribution in [-0.4, -0.2) is 28.7 Å². The van der Waals surface area contributed by atoms with Crippen molar-refractivity contribution in [3.05, 3.63) is 47.5 Å². The molecule has 0 fully saturated rings. The van der Waals surface area contributed by atoms with Crippen LogP contribution in [0.5, 0.6) is 17.2 Å². The second-order valence-electron chi connectivity index (χ2n) is 6.80. The molecule has 2 aromatic rings. The minimum Gasteiger partial charge on any atom is -0.496 e. The lowest BCUT2D eigenvalue weighted by molar-refractivity contribution is 0.171. The van der Waals surface area contributed by atoms with Crippen molar-refractivity contribution in [2.75, 3.05) is 20.3 Å². The van der Waals surface area contributed by atoms with Gasteiger partial charge in [0.25, 0.3) is 0 Å². The quantitative estimate of drug-likeness (QED) is 0.814. The number of hydrogen-bond donors (Lipinski definition) is 1. The van der Waals surface area contributed by atoms with Crippen molar-refractivity contribution in [2.45, 2.75) is 37.6 Å². The second-order valence-corrected chi connectivity index (χ2v) is 8.52. The maximum Gasteiger partial charge on any atom is 0.241 e. The van der Waals surface area contributed by atoms with Crippen molar-refractivity contribution < 1.29 is 22.6 Å². The molecule has 0 amide bonds. The Morgan fingerprint density at radius 2 is 1.70 bits per heavy atom. The molecule has 0 radical (unpaired) electrons. The van der Waals surface area contributed by atoms with Gasteiger partial charge in [-0.3, -0.25) is 0 Å². The highest BCUT2D eigenvalue weighted by Crippen LogP contribution is 2.33. The number of rotatable bonds is 6. The lowest BCUT2D eigenvalue weighted by atomic mass is 10.0. The van der Waals surface area contributed by atoms with Gasteiger partial charge in [-0.15, -0.1) is 0 Å². The number of methoxy groups -OCH3 is 1. The molecule has 1 unspecified atom stereocenters. The standard InChI is InChI=1S/C20H25NO5S/c1-13(2)17-12-16(6-8-18(17)24-4)27(22,23)21-14(3)15-5-7-19-20(11-15)26-10-9-25-19/h5-8,11-14,21H,9-10H2,1-4H3. The van der Waals surface area contributed by atoms with Gasteiger partial charge >= 0.3 is 0 Å². The summed E-state index contributed by atoms with van der Waals surface area (Å²) < 4.78 is 44.9. The maximum atomic E-state index is 12.9. The van der Waals surface area contributed by atoms with E-state index in [9.17, 15) is 8.42 Å². The van der Waals surface area contributed by atoms with Crippen molar-refractivity contribution in [2.24, 2.45) is 0 Å². The average Bonchev–Trinajstić information content (AvgIpc) is 2.66. The third-order valence-corrected chi connectivity index (χ3v) is 6.07. The zero-order valence-corrected chi connectivity index (χ0v) is 16.8. The number of sulfonamides is 1. The van der Waals surface area contributed by atoms with E-state index in [4.69, 9.17) is 14.2 Å². The summed E-state index contributed by atoms with van der Waals surface area (Å²) in [5, 5.41) is 0. The highest BCUT2D eigenvalue weighted by Gasteiger charge is 2.22. The molecule has 0 aliphatic carbocycles. The molecular weight excluding hydrogens is 366 g/mol. The monoisotopic (exact) mass is 391 g/mol. The highest BCUT2D eigenvalue weighted by atomic mass is 32.2. The molecule has 2 aromatic carbocycles. The van der Waals surface area contributed by atoms with E-state index in [0.29, 0.717) is 30.5 Å². The van der Waals surface area contributed by atoms with Crippen LogP contribution in [0.1, 0.15) is 43.9 Å². The van der Waals surface area contributed by atoms with Gasteiger partial charge in [0.2, 0.25) is 10.0 Å². The summed E-state index contributed by atoms with van der Waals surface area (Å²) >= 11 is 0. The molecule has 0 saturated heterocycles. The molecule has 146 valence electrons. The Balaban J connectivity index is 1.85. The molecule has 1 heterocycles. The van der Waals surface area contributed by atoms with E-state index in [1.165, 1.54) is 0 Å². The highest BCUT2D eigenvalue weighted by molar-refractivity contribution is 7.89. The van der Waals surface area contributed by atoms with Gasteiger partial charge in [-0.1, -0.05) is 19.9 Å². The Morgan fingerprint density at radius 1 is 1.00 bits per heavy atom. The molecule has 7 heteroatoms. The zero-order chi connectivity index (χ0) is 19.6. The number of benzene rings is 2. The fourth-order valence-electron chi connectivity index (χ4n) is 3.03. The fourth-order valence-corrected chi connectivity index (χ4v) is 4.30. The molecule has 27 heavy (non-hydrogen) atoms. The van der Waals surface area contributed by atoms with Gasteiger partial charge in [-0.05, 0) is 54.3 Å². The second kappa shape index (κ2) is 7.78. The van der Waals surface area contributed by atoms with E-state index in [2.05, 4.69) is 4.72 Å². The molecule has 0 saturated carbocycles. The van der Waals surface area contributed by atoms with E-state index in [1.54, 1.807) is 38.3 Å². The minimum atomic E-state index is -3.69. The molecule has 1 atom stereocenters. The van der Waals surface area contributed by atoms with Crippen LogP contribution in [0, 0.1) is 0 Å². The van der Waals surface area contributed by atoms with E-state index in [-0.39, 0.29) is 10.8 Å². The van der Waals surface area contributed by atoms with Crippen molar-refractivity contribution >= 4 is 10.0 Å². The van der Waals surface area contributed by atoms with E-state index < -0.39 is 16.1 Å². The van der Waals surface area contributed by atoms with E-state index >= 15 is 0 Å². The number of nitrogens with one attached hydrogen (secondary N) is 1. The van der Waals surface area contributed by atoms with Gasteiger partial charge in [0, 0.05) is 6.04 Å². The van der Waals surface area contributed by atoms with E-state index in [1.807, 2.05) is 26.0 Å². The van der Waals surface area contributed by atoms with Gasteiger partial charge in [-0.25, -0.2) is 13.1 Å². The third kappa shape index (κ3) is 4.20. The van der Waals surface area contributed by atoms with Crippen LogP contribution < -0.4 is 18.9 Å². The first-order chi connectivity index (χ1) is 12.8. The molecule has 0 aromatic heterocycles. The molecule has 1 N–H and O–H groups in total. The van der Waals surface area contributed by atoms with Crippen molar-refractivity contribution in [1.82, 2.24) is 4.72 Å². The first-order valence-electron chi connectivity index (χ1n) is 8.91. The fraction of sp³-hybridized carbons (Fsp3) is 0.400. The molecule has 1 aliphatic heterocycles. The largest absolute Gasteiger partial charge is 0.496 e. The summed E-state index contributed by atoms with van der Waals surface area (Å²) in [5.74, 6) is 2.14. The van der Waals surface area contributed by atoms with E-state index in [0.717, 1.165) is 11.1 Å². The van der Waals surface area contributed by atoms with Crippen LogP contribution in [-0.2, 0) is 10.0 Å². The first kappa shape index (κ1) is 19.5. The van der Waals surface area contributed by atoms with Crippen LogP contribution in [0.4, 0.5) is 0 Å². The van der Waals surface area contributed by atoms with Crippen LogP contribution in [0.2, 0.25) is 0 Å². The smallest absolute Gasteiger partial charge is 0.241 e. The van der Waals surface area contributed by atoms with Crippen molar-refractivity contribution in [3.8, 4) is 17.2 Å². The number of fused-ring (bicyclic) bond motifs is 1. The third-order valence-electron chi connectivity index (χ3n) is 4.53. The minimum absolute atomic E-state index is 0.144. The van der Waals surface area contributed by atoms with Crippen LogP contribution in [0.15, 0.2) is 41.3 Å². The summed E-state index contributed by atoms with van der Waals surface area (Å²) in [4.78, 5) is 0.219. The normalized spacial score (nSPS) is 14.9. The lowest BCUT2D eigenvalue weighted by Gasteiger charge is -2.21. The topological polar surface area (TPSA) is 73.9 Å². The van der Waals surface area contributed by atoms with Crippen LogP contribution >= 0.6 is 0 Å². The predicted molar refractivity (Wildman–Crippen MR) is 103 cm³/mol. The number of hydrogen-bond acceptors (Lipinski definition) is 5. The summed E-state index contributed by atoms with van der Waals surface area (Å²) in [6, 6.07) is 9.96. The Morgan fingerprint density at radius 3 is 2.37 bits per heavy atom. The van der Waals surface area contributed by atoms with Gasteiger partial charge < -0.3 is 14.2 Å².